The number of allylic oxidation sites excluding steroid dienone is 3. The van der Waals surface area contributed by atoms with Gasteiger partial charge in [-0.05, 0) is 48.0 Å². The van der Waals surface area contributed by atoms with Crippen molar-refractivity contribution >= 4 is 17.6 Å². The summed E-state index contributed by atoms with van der Waals surface area (Å²) in [6.07, 6.45) is 9.49. The summed E-state index contributed by atoms with van der Waals surface area (Å²) in [7, 11) is -6.49. The average Bonchev–Trinajstić information content (AvgIpc) is 2.65. The van der Waals surface area contributed by atoms with Gasteiger partial charge in [0, 0.05) is 39.6 Å². The predicted octanol–water partition coefficient (Wildman–Crippen LogP) is 4.83. The molecule has 0 atom stereocenters. The number of unbranched alkanes of at least 4 members (excludes halogenated alkanes) is 2. The molecule has 0 fully saturated rings. The molecule has 0 amide bonds. The van der Waals surface area contributed by atoms with Gasteiger partial charge in [-0.2, -0.15) is 0 Å². The van der Waals surface area contributed by atoms with E-state index in [-0.39, 0.29) is 0 Å². The maximum atomic E-state index is 6.18. The lowest BCUT2D eigenvalue weighted by Crippen LogP contribution is -2.62. The third-order valence-electron chi connectivity index (χ3n) is 3.79. The van der Waals surface area contributed by atoms with Crippen LogP contribution in [-0.4, -0.2) is 57.3 Å². The van der Waals surface area contributed by atoms with Crippen LogP contribution in [0.3, 0.4) is 0 Å². The van der Waals surface area contributed by atoms with Gasteiger partial charge in [-0.1, -0.05) is 38.0 Å². The molecule has 0 radical (unpaired) electrons. The third-order valence-corrected chi connectivity index (χ3v) is 11.3. The summed E-state index contributed by atoms with van der Waals surface area (Å²) in [6.45, 7) is 16.7. The monoisotopic (exact) mass is 434 g/mol. The van der Waals surface area contributed by atoms with Crippen LogP contribution < -0.4 is 0 Å². The van der Waals surface area contributed by atoms with Crippen LogP contribution in [0, 0.1) is 0 Å². The largest absolute Gasteiger partial charge is 0.536 e. The molecule has 0 aromatic carbocycles. The lowest BCUT2D eigenvalue weighted by molar-refractivity contribution is 0.0603. The molecule has 0 saturated heterocycles. The van der Waals surface area contributed by atoms with E-state index in [4.69, 9.17) is 26.6 Å². The Kier molecular flexibility index (Phi) is 16.3. The minimum atomic E-state index is -3.24. The van der Waals surface area contributed by atoms with Crippen molar-refractivity contribution in [2.45, 2.75) is 67.7 Å². The lowest BCUT2D eigenvalue weighted by atomic mass is 10.2. The molecular formula is C20H42O6Si2. The molecule has 0 N–H and O–H groups in total. The molecule has 8 heteroatoms. The van der Waals surface area contributed by atoms with Crippen molar-refractivity contribution < 1.29 is 26.6 Å². The Morgan fingerprint density at radius 1 is 0.607 bits per heavy atom. The normalized spacial score (nSPS) is 12.7. The molecule has 0 heterocycles. The Bertz CT molecular complexity index is 380. The summed E-state index contributed by atoms with van der Waals surface area (Å²) in [5, 5.41) is 0. The maximum absolute atomic E-state index is 6.18. The van der Waals surface area contributed by atoms with Crippen LogP contribution in [0.5, 0.6) is 0 Å². The molecule has 0 aliphatic heterocycles. The second-order valence-electron chi connectivity index (χ2n) is 5.86. The van der Waals surface area contributed by atoms with Gasteiger partial charge in [-0.25, -0.2) is 0 Å². The first-order valence-electron chi connectivity index (χ1n) is 10.8. The van der Waals surface area contributed by atoms with Crippen molar-refractivity contribution in [1.82, 2.24) is 0 Å². The minimum Gasteiger partial charge on any atom is -0.371 e. The van der Waals surface area contributed by atoms with E-state index in [9.17, 15) is 0 Å². The van der Waals surface area contributed by atoms with Crippen LogP contribution >= 0.6 is 0 Å². The molecule has 0 aliphatic rings. The zero-order valence-corrected chi connectivity index (χ0v) is 21.0. The molecule has 0 aliphatic carbocycles. The van der Waals surface area contributed by atoms with Crippen molar-refractivity contribution in [3.63, 3.8) is 0 Å². The van der Waals surface area contributed by atoms with Gasteiger partial charge in [-0.3, -0.25) is 0 Å². The van der Waals surface area contributed by atoms with Gasteiger partial charge < -0.3 is 26.6 Å². The molecule has 0 aromatic heterocycles. The van der Waals surface area contributed by atoms with Gasteiger partial charge in [0.05, 0.1) is 4.82 Å². The first-order valence-corrected chi connectivity index (χ1v) is 14.2. The van der Waals surface area contributed by atoms with Gasteiger partial charge >= 0.3 is 17.6 Å². The van der Waals surface area contributed by atoms with Crippen LogP contribution in [0.25, 0.3) is 0 Å². The fraction of sp³-hybridized carbons (Fsp3) is 0.800. The van der Waals surface area contributed by atoms with E-state index in [2.05, 4.69) is 13.0 Å². The highest BCUT2D eigenvalue weighted by Crippen LogP contribution is 2.32. The molecule has 0 rings (SSSR count). The molecule has 0 spiro atoms. The quantitative estimate of drug-likeness (QED) is 0.175. The molecular weight excluding hydrogens is 392 g/mol. The van der Waals surface area contributed by atoms with Crippen molar-refractivity contribution in [3.05, 3.63) is 23.0 Å². The second kappa shape index (κ2) is 16.5. The molecule has 6 nitrogen and oxygen atoms in total. The van der Waals surface area contributed by atoms with Crippen LogP contribution in [0.4, 0.5) is 0 Å². The topological polar surface area (TPSA) is 55.4 Å². The Balaban J connectivity index is 6.42. The standard InChI is InChI=1S/C20H42O6Si2/c1-8-15-16-17-18-19-20(27(21-9-2,22-10-3)23-11-4)28(24-12-5,25-13-6)26-14-7/h17-19H,8-16H2,1-7H3/b18-17+. The SMILES string of the molecule is CCCC/C=C/C=C([Si](OCC)(OCC)OCC)[Si](OCC)(OCC)OCC. The summed E-state index contributed by atoms with van der Waals surface area (Å²) in [6, 6.07) is 0. The van der Waals surface area contributed by atoms with Crippen molar-refractivity contribution in [2.24, 2.45) is 0 Å². The summed E-state index contributed by atoms with van der Waals surface area (Å²) in [4.78, 5) is 0.781. The Labute approximate surface area is 174 Å². The molecule has 0 aromatic rings. The maximum Gasteiger partial charge on any atom is 0.536 e. The molecule has 166 valence electrons. The first-order chi connectivity index (χ1) is 13.6. The number of rotatable bonds is 18. The second-order valence-corrected chi connectivity index (χ2v) is 11.4. The highest BCUT2D eigenvalue weighted by atomic mass is 28.5. The molecule has 0 saturated carbocycles. The average molecular weight is 435 g/mol. The van der Waals surface area contributed by atoms with Crippen LogP contribution in [0.2, 0.25) is 0 Å². The Hall–Kier alpha value is -0.326. The van der Waals surface area contributed by atoms with Crippen molar-refractivity contribution in [1.29, 1.82) is 0 Å². The van der Waals surface area contributed by atoms with Crippen LogP contribution in [-0.2, 0) is 26.6 Å². The van der Waals surface area contributed by atoms with Gasteiger partial charge in [0.25, 0.3) is 0 Å². The summed E-state index contributed by atoms with van der Waals surface area (Å²) < 4.78 is 37.1. The highest BCUT2D eigenvalue weighted by Gasteiger charge is 2.61. The molecule has 0 bridgehead atoms. The predicted molar refractivity (Wildman–Crippen MR) is 118 cm³/mol. The fourth-order valence-electron chi connectivity index (χ4n) is 2.83. The van der Waals surface area contributed by atoms with E-state index in [0.29, 0.717) is 39.6 Å². The van der Waals surface area contributed by atoms with Crippen LogP contribution in [0.15, 0.2) is 23.0 Å². The Morgan fingerprint density at radius 3 is 1.25 bits per heavy atom. The smallest absolute Gasteiger partial charge is 0.371 e. The van der Waals surface area contributed by atoms with E-state index in [0.717, 1.165) is 24.1 Å². The van der Waals surface area contributed by atoms with Crippen LogP contribution in [0.1, 0.15) is 67.7 Å². The first kappa shape index (κ1) is 27.7. The summed E-state index contributed by atoms with van der Waals surface area (Å²) in [5.74, 6) is 0. The van der Waals surface area contributed by atoms with Gasteiger partial charge in [0.15, 0.2) is 0 Å². The summed E-state index contributed by atoms with van der Waals surface area (Å²) >= 11 is 0. The van der Waals surface area contributed by atoms with Crippen molar-refractivity contribution in [2.75, 3.05) is 39.6 Å². The van der Waals surface area contributed by atoms with E-state index in [1.165, 1.54) is 0 Å². The van der Waals surface area contributed by atoms with E-state index >= 15 is 0 Å². The molecule has 0 unspecified atom stereocenters. The van der Waals surface area contributed by atoms with Gasteiger partial charge in [0.1, 0.15) is 0 Å². The van der Waals surface area contributed by atoms with E-state index in [1.807, 2.05) is 53.7 Å². The number of hydrogen-bond donors (Lipinski definition) is 0. The zero-order chi connectivity index (χ0) is 21.3. The molecule has 28 heavy (non-hydrogen) atoms. The summed E-state index contributed by atoms with van der Waals surface area (Å²) in [5.41, 5.74) is 0. The van der Waals surface area contributed by atoms with Gasteiger partial charge in [0.2, 0.25) is 0 Å². The lowest BCUT2D eigenvalue weighted by Gasteiger charge is -2.38. The Morgan fingerprint density at radius 2 is 0.964 bits per heavy atom. The minimum absolute atomic E-state index is 0.470. The fourth-order valence-corrected chi connectivity index (χ4v) is 9.94. The van der Waals surface area contributed by atoms with E-state index < -0.39 is 17.6 Å². The van der Waals surface area contributed by atoms with Crippen molar-refractivity contribution in [3.8, 4) is 0 Å². The van der Waals surface area contributed by atoms with Gasteiger partial charge in [-0.15, -0.1) is 0 Å². The number of hydrogen-bond acceptors (Lipinski definition) is 6. The highest BCUT2D eigenvalue weighted by molar-refractivity contribution is 6.91. The zero-order valence-electron chi connectivity index (χ0n) is 19.0. The van der Waals surface area contributed by atoms with E-state index in [1.54, 1.807) is 0 Å². The third kappa shape index (κ3) is 8.58.